The van der Waals surface area contributed by atoms with Crippen LogP contribution >= 0.6 is 11.6 Å². The Kier molecular flexibility index (Phi) is 5.22. The quantitative estimate of drug-likeness (QED) is 0.621. The number of carbonyl (C=O) groups is 2. The molecule has 0 saturated carbocycles. The van der Waals surface area contributed by atoms with Gasteiger partial charge in [0.1, 0.15) is 5.54 Å². The van der Waals surface area contributed by atoms with Crippen LogP contribution in [-0.4, -0.2) is 64.6 Å². The molecule has 2 aromatic carbocycles. The van der Waals surface area contributed by atoms with Gasteiger partial charge in [-0.05, 0) is 55.4 Å². The van der Waals surface area contributed by atoms with Crippen LogP contribution in [0.15, 0.2) is 36.4 Å². The second kappa shape index (κ2) is 8.17. The summed E-state index contributed by atoms with van der Waals surface area (Å²) in [5.74, 6) is 1.38. The van der Waals surface area contributed by atoms with Gasteiger partial charge < -0.3 is 14.4 Å². The van der Waals surface area contributed by atoms with E-state index in [1.165, 1.54) is 11.1 Å². The maximum atomic E-state index is 13.8. The first-order chi connectivity index (χ1) is 16.5. The zero-order valence-corrected chi connectivity index (χ0v) is 20.0. The number of imide groups is 1. The second-order valence-corrected chi connectivity index (χ2v) is 10.0. The molecule has 0 radical (unpaired) electrons. The van der Waals surface area contributed by atoms with Crippen molar-refractivity contribution in [2.45, 2.75) is 50.7 Å². The molecule has 0 aromatic heterocycles. The fraction of sp³-hybridized carbons (Fsp3) is 0.462. The fourth-order valence-corrected chi connectivity index (χ4v) is 6.32. The normalized spacial score (nSPS) is 21.7. The van der Waals surface area contributed by atoms with Crippen molar-refractivity contribution in [1.82, 2.24) is 14.7 Å². The first-order valence-corrected chi connectivity index (χ1v) is 12.4. The molecule has 34 heavy (non-hydrogen) atoms. The molecule has 2 saturated heterocycles. The summed E-state index contributed by atoms with van der Waals surface area (Å²) in [7, 11) is 0. The van der Waals surface area contributed by atoms with Gasteiger partial charge in [0.15, 0.2) is 11.5 Å². The largest absolute Gasteiger partial charge is 0.454 e. The molecule has 3 aliphatic heterocycles. The van der Waals surface area contributed by atoms with E-state index in [0.29, 0.717) is 36.7 Å². The van der Waals surface area contributed by atoms with Crippen LogP contribution in [0.3, 0.4) is 0 Å². The predicted molar refractivity (Wildman–Crippen MR) is 127 cm³/mol. The summed E-state index contributed by atoms with van der Waals surface area (Å²) in [6.07, 6.45) is 2.75. The SMILES string of the molecule is CCN1C(=O)N(C2Cc3ccccc3C2)C(=O)C12CCN(Cc1cc3c(cc1Cl)OCO3)CC2. The van der Waals surface area contributed by atoms with Gasteiger partial charge in [-0.15, -0.1) is 0 Å². The Labute approximate surface area is 204 Å². The van der Waals surface area contributed by atoms with Gasteiger partial charge in [0.2, 0.25) is 6.79 Å². The molecule has 6 rings (SSSR count). The number of amides is 3. The van der Waals surface area contributed by atoms with E-state index in [4.69, 9.17) is 21.1 Å². The summed E-state index contributed by atoms with van der Waals surface area (Å²) in [4.78, 5) is 33.0. The van der Waals surface area contributed by atoms with Gasteiger partial charge in [0.05, 0.1) is 0 Å². The van der Waals surface area contributed by atoms with Crippen LogP contribution in [0.1, 0.15) is 36.5 Å². The number of carbonyl (C=O) groups excluding carboxylic acids is 2. The average molecular weight is 482 g/mol. The zero-order valence-electron chi connectivity index (χ0n) is 19.3. The Morgan fingerprint density at radius 3 is 2.32 bits per heavy atom. The Balaban J connectivity index is 1.18. The first kappa shape index (κ1) is 21.7. The molecular formula is C26H28ClN3O4. The Morgan fingerprint density at radius 2 is 1.68 bits per heavy atom. The maximum Gasteiger partial charge on any atom is 0.327 e. The highest BCUT2D eigenvalue weighted by Gasteiger charge is 2.59. The number of hydrogen-bond donors (Lipinski definition) is 0. The number of urea groups is 1. The molecule has 0 bridgehead atoms. The lowest BCUT2D eigenvalue weighted by atomic mass is 9.85. The van der Waals surface area contributed by atoms with Crippen molar-refractivity contribution >= 4 is 23.5 Å². The first-order valence-electron chi connectivity index (χ1n) is 12.0. The molecule has 3 amide bonds. The van der Waals surface area contributed by atoms with E-state index in [-0.39, 0.29) is 24.8 Å². The van der Waals surface area contributed by atoms with Gasteiger partial charge in [-0.25, -0.2) is 4.79 Å². The maximum absolute atomic E-state index is 13.8. The standard InChI is InChI=1S/C26H28ClN3O4/c1-2-29-25(32)30(20-11-17-5-3-4-6-18(17)12-20)24(31)26(29)7-9-28(10-8-26)15-19-13-22-23(14-21(19)27)34-16-33-22/h3-6,13-14,20H,2,7-12,15-16H2,1H3. The minimum absolute atomic E-state index is 0.0158. The van der Waals surface area contributed by atoms with Crippen LogP contribution < -0.4 is 9.47 Å². The van der Waals surface area contributed by atoms with Crippen LogP contribution in [-0.2, 0) is 24.2 Å². The average Bonchev–Trinajstić information content (AvgIpc) is 3.51. The molecule has 3 heterocycles. The second-order valence-electron chi connectivity index (χ2n) is 9.64. The number of nitrogens with zero attached hydrogens (tertiary/aromatic N) is 3. The minimum atomic E-state index is -0.740. The number of ether oxygens (including phenoxy) is 2. The van der Waals surface area contributed by atoms with E-state index in [9.17, 15) is 9.59 Å². The Bertz CT molecular complexity index is 1140. The van der Waals surface area contributed by atoms with Crippen molar-refractivity contribution in [1.29, 1.82) is 0 Å². The van der Waals surface area contributed by atoms with E-state index in [2.05, 4.69) is 17.0 Å². The highest BCUT2D eigenvalue weighted by Crippen LogP contribution is 2.41. The van der Waals surface area contributed by atoms with E-state index >= 15 is 0 Å². The number of hydrogen-bond acceptors (Lipinski definition) is 5. The van der Waals surface area contributed by atoms with E-state index in [0.717, 1.165) is 37.2 Å². The van der Waals surface area contributed by atoms with Crippen LogP contribution in [0.2, 0.25) is 5.02 Å². The van der Waals surface area contributed by atoms with E-state index in [1.807, 2.05) is 30.0 Å². The number of benzene rings is 2. The molecule has 0 atom stereocenters. The molecule has 8 heteroatoms. The van der Waals surface area contributed by atoms with Crippen molar-refractivity contribution in [3.63, 3.8) is 0 Å². The molecule has 0 N–H and O–H groups in total. The molecule has 1 aliphatic carbocycles. The van der Waals surface area contributed by atoms with E-state index in [1.54, 1.807) is 11.0 Å². The van der Waals surface area contributed by atoms with Crippen LogP contribution in [0.25, 0.3) is 0 Å². The number of halogens is 1. The van der Waals surface area contributed by atoms with Crippen molar-refractivity contribution in [3.8, 4) is 11.5 Å². The van der Waals surface area contributed by atoms with Crippen molar-refractivity contribution < 1.29 is 19.1 Å². The minimum Gasteiger partial charge on any atom is -0.454 e. The highest BCUT2D eigenvalue weighted by molar-refractivity contribution is 6.31. The Morgan fingerprint density at radius 1 is 1.03 bits per heavy atom. The van der Waals surface area contributed by atoms with E-state index < -0.39 is 5.54 Å². The summed E-state index contributed by atoms with van der Waals surface area (Å²) < 4.78 is 10.9. The summed E-state index contributed by atoms with van der Waals surface area (Å²) in [5, 5.41) is 0.652. The number of likely N-dealkylation sites (tertiary alicyclic amines) is 1. The molecule has 2 aromatic rings. The smallest absolute Gasteiger partial charge is 0.327 e. The molecular weight excluding hydrogens is 454 g/mol. The van der Waals surface area contributed by atoms with Gasteiger partial charge in [-0.2, -0.15) is 0 Å². The summed E-state index contributed by atoms with van der Waals surface area (Å²) >= 11 is 6.49. The van der Waals surface area contributed by atoms with Gasteiger partial charge in [-0.3, -0.25) is 14.6 Å². The van der Waals surface area contributed by atoms with Gasteiger partial charge in [0.25, 0.3) is 5.91 Å². The van der Waals surface area contributed by atoms with Crippen molar-refractivity contribution in [2.75, 3.05) is 26.4 Å². The Hall–Kier alpha value is -2.77. The topological polar surface area (TPSA) is 62.3 Å². The van der Waals surface area contributed by atoms with Gasteiger partial charge >= 0.3 is 6.03 Å². The molecule has 1 spiro atoms. The molecule has 2 fully saturated rings. The third-order valence-electron chi connectivity index (χ3n) is 7.90. The lowest BCUT2D eigenvalue weighted by Crippen LogP contribution is -2.56. The molecule has 0 unspecified atom stereocenters. The third-order valence-corrected chi connectivity index (χ3v) is 8.25. The lowest BCUT2D eigenvalue weighted by molar-refractivity contribution is -0.137. The van der Waals surface area contributed by atoms with Crippen LogP contribution in [0, 0.1) is 0 Å². The summed E-state index contributed by atoms with van der Waals surface area (Å²) in [5.41, 5.74) is 2.73. The van der Waals surface area contributed by atoms with Crippen LogP contribution in [0.5, 0.6) is 11.5 Å². The van der Waals surface area contributed by atoms with Gasteiger partial charge in [-0.1, -0.05) is 35.9 Å². The van der Waals surface area contributed by atoms with Gasteiger partial charge in [0, 0.05) is 43.3 Å². The molecule has 7 nitrogen and oxygen atoms in total. The number of fused-ring (bicyclic) bond motifs is 2. The highest BCUT2D eigenvalue weighted by atomic mass is 35.5. The number of piperidine rings is 1. The van der Waals surface area contributed by atoms with Crippen LogP contribution in [0.4, 0.5) is 4.79 Å². The van der Waals surface area contributed by atoms with Crippen molar-refractivity contribution in [2.24, 2.45) is 0 Å². The summed E-state index contributed by atoms with van der Waals surface area (Å²) in [6.45, 7) is 4.83. The van der Waals surface area contributed by atoms with Crippen molar-refractivity contribution in [3.05, 3.63) is 58.1 Å². The monoisotopic (exact) mass is 481 g/mol. The third kappa shape index (κ3) is 3.28. The fourth-order valence-electron chi connectivity index (χ4n) is 6.10. The zero-order chi connectivity index (χ0) is 23.4. The molecule has 178 valence electrons. The molecule has 4 aliphatic rings. The summed E-state index contributed by atoms with van der Waals surface area (Å²) in [6, 6.07) is 11.8. The predicted octanol–water partition coefficient (Wildman–Crippen LogP) is 3.85. The number of likely N-dealkylation sites (N-methyl/N-ethyl adjacent to an activating group) is 1. The number of rotatable bonds is 4. The lowest BCUT2D eigenvalue weighted by Gasteiger charge is -2.42.